The minimum absolute atomic E-state index is 0.427. The quantitative estimate of drug-likeness (QED) is 0.500. The average Bonchev–Trinajstić information content (AvgIpc) is 2.03. The molecule has 0 N–H and O–H groups in total. The first kappa shape index (κ1) is 6.38. The van der Waals surface area contributed by atoms with Gasteiger partial charge in [-0.25, -0.2) is 0 Å². The first-order valence-corrected chi connectivity index (χ1v) is 4.16. The van der Waals surface area contributed by atoms with Crippen LogP contribution in [0.15, 0.2) is 0 Å². The van der Waals surface area contributed by atoms with E-state index >= 15 is 0 Å². The Labute approximate surface area is 61.8 Å². The van der Waals surface area contributed by atoms with Gasteiger partial charge in [0.05, 0.1) is 0 Å². The monoisotopic (exact) mass is 138 g/mol. The van der Waals surface area contributed by atoms with Crippen LogP contribution in [0, 0.1) is 17.3 Å². The largest absolute Gasteiger partial charge is 0.299 e. The Hall–Kier alpha value is -0.330. The van der Waals surface area contributed by atoms with E-state index in [0.29, 0.717) is 23.0 Å². The Morgan fingerprint density at radius 2 is 2.30 bits per heavy atom. The predicted octanol–water partition coefficient (Wildman–Crippen LogP) is 2.01. The van der Waals surface area contributed by atoms with Gasteiger partial charge in [0.1, 0.15) is 5.78 Å². The van der Waals surface area contributed by atoms with Gasteiger partial charge in [0.25, 0.3) is 0 Å². The third-order valence-electron chi connectivity index (χ3n) is 3.42. The molecule has 2 rings (SSSR count). The maximum absolute atomic E-state index is 11.1. The number of ketones is 1. The summed E-state index contributed by atoms with van der Waals surface area (Å²) in [6.07, 6.45) is 3.42. The van der Waals surface area contributed by atoms with E-state index in [1.54, 1.807) is 0 Å². The topological polar surface area (TPSA) is 17.1 Å². The van der Waals surface area contributed by atoms with Crippen molar-refractivity contribution in [3.05, 3.63) is 0 Å². The molecule has 10 heavy (non-hydrogen) atoms. The average molecular weight is 138 g/mol. The molecule has 0 aliphatic heterocycles. The third kappa shape index (κ3) is 0.561. The van der Waals surface area contributed by atoms with Gasteiger partial charge in [-0.15, -0.1) is 0 Å². The van der Waals surface area contributed by atoms with Crippen molar-refractivity contribution in [2.75, 3.05) is 0 Å². The summed E-state index contributed by atoms with van der Waals surface area (Å²) in [7, 11) is 0. The first-order chi connectivity index (χ1) is 4.63. The van der Waals surface area contributed by atoms with Crippen molar-refractivity contribution in [2.45, 2.75) is 33.1 Å². The predicted molar refractivity (Wildman–Crippen MR) is 39.6 cm³/mol. The zero-order chi connectivity index (χ0) is 7.35. The van der Waals surface area contributed by atoms with Crippen molar-refractivity contribution in [3.63, 3.8) is 0 Å². The van der Waals surface area contributed by atoms with Gasteiger partial charge in [0.2, 0.25) is 0 Å². The molecule has 0 aromatic carbocycles. The lowest BCUT2D eigenvalue weighted by Gasteiger charge is -2.41. The summed E-state index contributed by atoms with van der Waals surface area (Å²) in [6, 6.07) is 0. The number of carbonyl (C=O) groups is 1. The van der Waals surface area contributed by atoms with E-state index in [4.69, 9.17) is 0 Å². The van der Waals surface area contributed by atoms with Gasteiger partial charge in [0, 0.05) is 12.3 Å². The molecule has 0 saturated heterocycles. The van der Waals surface area contributed by atoms with Crippen LogP contribution in [-0.4, -0.2) is 5.78 Å². The number of Topliss-reactive ketones (excluding diaryl/α,β-unsaturated/α-hetero) is 1. The van der Waals surface area contributed by atoms with Gasteiger partial charge in [-0.2, -0.15) is 0 Å². The molecule has 1 heteroatoms. The normalized spacial score (nSPS) is 52.4. The second kappa shape index (κ2) is 1.63. The lowest BCUT2D eigenvalue weighted by molar-refractivity contribution is -0.140. The highest BCUT2D eigenvalue weighted by Crippen LogP contribution is 2.57. The number of fused-ring (bicyclic) bond motifs is 1. The van der Waals surface area contributed by atoms with Crippen LogP contribution < -0.4 is 0 Å². The van der Waals surface area contributed by atoms with Gasteiger partial charge in [-0.1, -0.05) is 13.8 Å². The zero-order valence-electron chi connectivity index (χ0n) is 6.68. The molecule has 2 aliphatic carbocycles. The van der Waals surface area contributed by atoms with Crippen LogP contribution in [0.5, 0.6) is 0 Å². The Balaban J connectivity index is 2.24. The number of rotatable bonds is 0. The van der Waals surface area contributed by atoms with Gasteiger partial charge in [-0.3, -0.25) is 4.79 Å². The van der Waals surface area contributed by atoms with Crippen molar-refractivity contribution in [1.82, 2.24) is 0 Å². The molecule has 0 radical (unpaired) electrons. The number of hydrogen-bond acceptors (Lipinski definition) is 1. The smallest absolute Gasteiger partial charge is 0.137 e. The van der Waals surface area contributed by atoms with Crippen LogP contribution in [0.4, 0.5) is 0 Å². The lowest BCUT2D eigenvalue weighted by Crippen LogP contribution is -2.44. The SMILES string of the molecule is CC1CC[C@@]2(C)CC(=O)[C@@H]12. The Kier molecular flexibility index (Phi) is 1.04. The van der Waals surface area contributed by atoms with E-state index < -0.39 is 0 Å². The Morgan fingerprint density at radius 1 is 1.60 bits per heavy atom. The minimum atomic E-state index is 0.427. The molecule has 1 unspecified atom stereocenters. The van der Waals surface area contributed by atoms with Crippen LogP contribution in [-0.2, 0) is 4.79 Å². The second-order valence-electron chi connectivity index (χ2n) is 4.29. The summed E-state index contributed by atoms with van der Waals surface area (Å²) in [5, 5.41) is 0. The summed E-state index contributed by atoms with van der Waals surface area (Å²) in [5.74, 6) is 1.63. The molecule has 0 heterocycles. The van der Waals surface area contributed by atoms with Crippen LogP contribution >= 0.6 is 0 Å². The molecular formula is C9H14O. The molecular weight excluding hydrogens is 124 g/mol. The maximum atomic E-state index is 11.1. The molecule has 0 aromatic heterocycles. The highest BCUT2D eigenvalue weighted by Gasteiger charge is 2.55. The Morgan fingerprint density at radius 3 is 2.70 bits per heavy atom. The van der Waals surface area contributed by atoms with Crippen molar-refractivity contribution >= 4 is 5.78 Å². The van der Waals surface area contributed by atoms with E-state index in [2.05, 4.69) is 13.8 Å². The van der Waals surface area contributed by atoms with Gasteiger partial charge < -0.3 is 0 Å². The maximum Gasteiger partial charge on any atom is 0.137 e. The van der Waals surface area contributed by atoms with Gasteiger partial charge in [-0.05, 0) is 24.2 Å². The molecule has 0 aromatic rings. The molecule has 0 bridgehead atoms. The van der Waals surface area contributed by atoms with E-state index in [1.165, 1.54) is 12.8 Å². The summed E-state index contributed by atoms with van der Waals surface area (Å²) >= 11 is 0. The highest BCUT2D eigenvalue weighted by molar-refractivity contribution is 5.89. The van der Waals surface area contributed by atoms with Crippen molar-refractivity contribution in [1.29, 1.82) is 0 Å². The second-order valence-corrected chi connectivity index (χ2v) is 4.29. The van der Waals surface area contributed by atoms with Crippen molar-refractivity contribution < 1.29 is 4.79 Å². The van der Waals surface area contributed by atoms with E-state index in [1.807, 2.05) is 0 Å². The molecule has 0 amide bonds. The van der Waals surface area contributed by atoms with Gasteiger partial charge in [0.15, 0.2) is 0 Å². The fourth-order valence-corrected chi connectivity index (χ4v) is 2.85. The van der Waals surface area contributed by atoms with Crippen LogP contribution in [0.25, 0.3) is 0 Å². The highest BCUT2D eigenvalue weighted by atomic mass is 16.1. The Bertz CT molecular complexity index is 185. The lowest BCUT2D eigenvalue weighted by atomic mass is 9.60. The fourth-order valence-electron chi connectivity index (χ4n) is 2.85. The standard InChI is InChI=1S/C9H14O/c1-6-3-4-9(2)5-7(10)8(6)9/h6,8H,3-5H2,1-2H3/t6?,8-,9+/m1/s1. The molecule has 1 nitrogen and oxygen atoms in total. The molecule has 56 valence electrons. The molecule has 3 atom stereocenters. The number of hydrogen-bond donors (Lipinski definition) is 0. The fraction of sp³-hybridized carbons (Fsp3) is 0.889. The number of carbonyl (C=O) groups excluding carboxylic acids is 1. The van der Waals surface area contributed by atoms with Crippen molar-refractivity contribution in [2.24, 2.45) is 17.3 Å². The van der Waals surface area contributed by atoms with E-state index in [9.17, 15) is 4.79 Å². The summed E-state index contributed by atoms with van der Waals surface area (Å²) in [6.45, 7) is 4.48. The van der Waals surface area contributed by atoms with Crippen LogP contribution in [0.2, 0.25) is 0 Å². The molecule has 2 fully saturated rings. The summed E-state index contributed by atoms with van der Waals surface area (Å²) in [5.41, 5.74) is 0.427. The third-order valence-corrected chi connectivity index (χ3v) is 3.42. The first-order valence-electron chi connectivity index (χ1n) is 4.16. The molecule has 0 spiro atoms. The van der Waals surface area contributed by atoms with Crippen LogP contribution in [0.3, 0.4) is 0 Å². The molecule has 2 saturated carbocycles. The van der Waals surface area contributed by atoms with Crippen LogP contribution in [0.1, 0.15) is 33.1 Å². The molecule has 2 aliphatic rings. The van der Waals surface area contributed by atoms with E-state index in [0.717, 1.165) is 6.42 Å². The van der Waals surface area contributed by atoms with Crippen molar-refractivity contribution in [3.8, 4) is 0 Å². The zero-order valence-corrected chi connectivity index (χ0v) is 6.68. The van der Waals surface area contributed by atoms with Gasteiger partial charge >= 0.3 is 0 Å². The summed E-state index contributed by atoms with van der Waals surface area (Å²) in [4.78, 5) is 11.1. The minimum Gasteiger partial charge on any atom is -0.299 e. The summed E-state index contributed by atoms with van der Waals surface area (Å²) < 4.78 is 0. The van der Waals surface area contributed by atoms with E-state index in [-0.39, 0.29) is 0 Å².